The minimum absolute atomic E-state index is 0.0524. The van der Waals surface area contributed by atoms with Crippen molar-refractivity contribution >= 4 is 29.5 Å². The van der Waals surface area contributed by atoms with E-state index in [1.54, 1.807) is 36.4 Å². The van der Waals surface area contributed by atoms with E-state index >= 15 is 0 Å². The van der Waals surface area contributed by atoms with Gasteiger partial charge in [-0.2, -0.15) is 0 Å². The Kier molecular flexibility index (Phi) is 15.7. The molecule has 3 aromatic rings. The molecule has 3 aromatic carbocycles. The number of aliphatic hydroxyl groups excluding tert-OH is 3. The van der Waals surface area contributed by atoms with Gasteiger partial charge in [-0.3, -0.25) is 24.0 Å². The number of aliphatic hydroxyl groups is 3. The molecule has 17 nitrogen and oxygen atoms in total. The van der Waals surface area contributed by atoms with Crippen LogP contribution in [0.4, 0.5) is 0 Å². The summed E-state index contributed by atoms with van der Waals surface area (Å²) in [7, 11) is 1.21. The molecular formula is C43H56N6O11. The average molecular weight is 833 g/mol. The third kappa shape index (κ3) is 11.2. The fourth-order valence-corrected chi connectivity index (χ4v) is 7.73. The molecule has 2 aliphatic rings. The number of carbonyl (C=O) groups is 5. The van der Waals surface area contributed by atoms with Crippen LogP contribution in [0.15, 0.2) is 66.7 Å². The molecular weight excluding hydrogens is 777 g/mol. The molecule has 9 atom stereocenters. The molecule has 5 amide bonds. The lowest BCUT2D eigenvalue weighted by atomic mass is 9.91. The van der Waals surface area contributed by atoms with Crippen LogP contribution >= 0.6 is 0 Å². The zero-order chi connectivity index (χ0) is 43.7. The second-order valence-electron chi connectivity index (χ2n) is 15.5. The molecule has 0 aliphatic carbocycles. The number of unbranched alkanes of at least 4 members (excludes halogenated alkanes) is 1. The first-order valence-corrected chi connectivity index (χ1v) is 20.0. The number of nitrogens with zero attached hydrogens (tertiary/aromatic N) is 1. The summed E-state index contributed by atoms with van der Waals surface area (Å²) < 4.78 is 10.2. The summed E-state index contributed by atoms with van der Waals surface area (Å²) in [5.41, 5.74) is 17.1. The van der Waals surface area contributed by atoms with E-state index in [4.69, 9.17) is 20.9 Å². The van der Waals surface area contributed by atoms with Gasteiger partial charge in [-0.15, -0.1) is 0 Å². The van der Waals surface area contributed by atoms with Crippen molar-refractivity contribution in [3.63, 3.8) is 0 Å². The minimum Gasteiger partial charge on any atom is -0.508 e. The van der Waals surface area contributed by atoms with Gasteiger partial charge in [-0.25, -0.2) is 0 Å². The molecule has 0 bridgehead atoms. The second kappa shape index (κ2) is 20.7. The Morgan fingerprint density at radius 3 is 2.15 bits per heavy atom. The largest absolute Gasteiger partial charge is 0.508 e. The number of hydrogen-bond acceptors (Lipinski definition) is 12. The summed E-state index contributed by atoms with van der Waals surface area (Å²) >= 11 is 0. The Hall–Kier alpha value is -5.43. The van der Waals surface area contributed by atoms with Crippen LogP contribution in [0, 0.1) is 13.8 Å². The number of benzene rings is 3. The van der Waals surface area contributed by atoms with Crippen molar-refractivity contribution < 1.29 is 53.9 Å². The van der Waals surface area contributed by atoms with Gasteiger partial charge in [0.25, 0.3) is 5.91 Å². The Labute approximate surface area is 348 Å². The Bertz CT molecular complexity index is 1980. The van der Waals surface area contributed by atoms with Crippen molar-refractivity contribution in [2.24, 2.45) is 11.5 Å². The van der Waals surface area contributed by atoms with Gasteiger partial charge < -0.3 is 62.2 Å². The number of phenolic OH excluding ortho intramolecular Hbond substituents is 1. The van der Waals surface area contributed by atoms with E-state index < -0.39 is 84.4 Å². The fraction of sp³-hybridized carbons (Fsp3) is 0.465. The van der Waals surface area contributed by atoms with Crippen molar-refractivity contribution in [1.29, 1.82) is 0 Å². The second-order valence-corrected chi connectivity index (χ2v) is 15.5. The first-order valence-electron chi connectivity index (χ1n) is 20.0. The molecule has 2 heterocycles. The molecule has 324 valence electrons. The van der Waals surface area contributed by atoms with Gasteiger partial charge in [0, 0.05) is 33.0 Å². The minimum atomic E-state index is -1.70. The number of nitrogens with two attached hydrogens (primary N) is 2. The lowest BCUT2D eigenvalue weighted by molar-refractivity contribution is -0.283. The zero-order valence-corrected chi connectivity index (χ0v) is 34.0. The standard InChI is InChI=1S/C43H56N6O11/c1-23-17-28(50)18-24(2)29(23)21-30(44)42(58)49-22-27-14-8-7-13-26(27)20-33(49)40(56)48-32(19-25-11-5-4-6-12-25)39(55)47-31(38(45)54)15-9-10-16-46-41(57)37-35(52)34(51)36(53)43(59-3)60-37/h4-8,11-14,17-18,30-37,43,50-53H,9-10,15-16,19-22,44H2,1-3H3,(H2,45,54)(H,46,57)(H,47,55)(H,48,56)/t30-,31-,32-,33-,34-,35-,36+,37-,43+/m0/s1. The summed E-state index contributed by atoms with van der Waals surface area (Å²) in [5, 5.41) is 48.5. The lowest BCUT2D eigenvalue weighted by Crippen LogP contribution is -2.61. The molecule has 17 heteroatoms. The quantitative estimate of drug-likeness (QED) is 0.0762. The number of primary amides is 1. The number of methoxy groups -OCH3 is 1. The molecule has 1 saturated heterocycles. The van der Waals surface area contributed by atoms with Gasteiger partial charge in [0.05, 0.1) is 6.04 Å². The number of nitrogens with one attached hydrogen (secondary N) is 3. The van der Waals surface area contributed by atoms with Gasteiger partial charge in [-0.1, -0.05) is 54.6 Å². The Balaban J connectivity index is 1.26. The van der Waals surface area contributed by atoms with Crippen LogP contribution in [-0.4, -0.2) is 123 Å². The van der Waals surface area contributed by atoms with Gasteiger partial charge in [0.1, 0.15) is 42.2 Å². The molecule has 11 N–H and O–H groups in total. The molecule has 60 heavy (non-hydrogen) atoms. The van der Waals surface area contributed by atoms with Gasteiger partial charge >= 0.3 is 0 Å². The predicted molar refractivity (Wildman–Crippen MR) is 217 cm³/mol. The van der Waals surface area contributed by atoms with E-state index in [1.165, 1.54) is 12.0 Å². The smallest absolute Gasteiger partial charge is 0.252 e. The van der Waals surface area contributed by atoms with Crippen molar-refractivity contribution in [3.05, 3.63) is 100 Å². The molecule has 5 rings (SSSR count). The monoisotopic (exact) mass is 832 g/mol. The number of ether oxygens (including phenoxy) is 2. The number of fused-ring (bicyclic) bond motifs is 1. The van der Waals surface area contributed by atoms with Crippen molar-refractivity contribution in [2.45, 2.75) is 114 Å². The molecule has 2 aliphatic heterocycles. The summed E-state index contributed by atoms with van der Waals surface area (Å²) in [5.74, 6) is -3.18. The maximum absolute atomic E-state index is 14.3. The van der Waals surface area contributed by atoms with Crippen LogP contribution in [0.25, 0.3) is 0 Å². The first-order chi connectivity index (χ1) is 28.6. The van der Waals surface area contributed by atoms with E-state index in [2.05, 4.69) is 16.0 Å². The molecule has 0 unspecified atom stereocenters. The normalized spacial score (nSPS) is 22.8. The van der Waals surface area contributed by atoms with Crippen molar-refractivity contribution in [2.75, 3.05) is 13.7 Å². The van der Waals surface area contributed by atoms with E-state index in [1.807, 2.05) is 44.2 Å². The molecule has 1 fully saturated rings. The summed E-state index contributed by atoms with van der Waals surface area (Å²) in [6, 6.07) is 15.3. The van der Waals surface area contributed by atoms with E-state index in [0.29, 0.717) is 12.8 Å². The van der Waals surface area contributed by atoms with Crippen LogP contribution in [0.5, 0.6) is 5.75 Å². The predicted octanol–water partition coefficient (Wildman–Crippen LogP) is -0.730. The number of aromatic hydroxyl groups is 1. The van der Waals surface area contributed by atoms with Crippen LogP contribution in [0.3, 0.4) is 0 Å². The maximum Gasteiger partial charge on any atom is 0.252 e. The summed E-state index contributed by atoms with van der Waals surface area (Å²) in [4.78, 5) is 69.2. The highest BCUT2D eigenvalue weighted by Crippen LogP contribution is 2.27. The van der Waals surface area contributed by atoms with Crippen molar-refractivity contribution in [3.8, 4) is 5.75 Å². The number of aryl methyl sites for hydroxylation is 2. The Morgan fingerprint density at radius 2 is 1.50 bits per heavy atom. The average Bonchev–Trinajstić information content (AvgIpc) is 3.22. The molecule has 0 saturated carbocycles. The molecule has 0 spiro atoms. The highest BCUT2D eigenvalue weighted by molar-refractivity contribution is 5.95. The van der Waals surface area contributed by atoms with Crippen molar-refractivity contribution in [1.82, 2.24) is 20.9 Å². The van der Waals surface area contributed by atoms with Gasteiger partial charge in [0.2, 0.25) is 23.6 Å². The third-order valence-electron chi connectivity index (χ3n) is 11.1. The van der Waals surface area contributed by atoms with Gasteiger partial charge in [-0.05, 0) is 85.0 Å². The van der Waals surface area contributed by atoms with E-state index in [9.17, 15) is 44.4 Å². The SMILES string of the molecule is CO[C@@H]1O[C@H](C(=O)NCCCC[C@H](NC(=O)[C@H](Cc2ccccc2)NC(=O)[C@@H]2Cc3ccccc3CN2C(=O)[C@@H](N)Cc2c(C)cc(O)cc2C)C(N)=O)[C@@H](O)[C@H](O)[C@H]1O. The van der Waals surface area contributed by atoms with Crippen LogP contribution in [-0.2, 0) is 59.3 Å². The van der Waals surface area contributed by atoms with E-state index in [0.717, 1.165) is 33.4 Å². The zero-order valence-electron chi connectivity index (χ0n) is 34.0. The highest BCUT2D eigenvalue weighted by atomic mass is 16.7. The molecule has 0 radical (unpaired) electrons. The first kappa shape index (κ1) is 45.7. The van der Waals surface area contributed by atoms with Crippen LogP contribution < -0.4 is 27.4 Å². The summed E-state index contributed by atoms with van der Waals surface area (Å²) in [6.45, 7) is 3.84. The number of carbonyl (C=O) groups excluding carboxylic acids is 5. The molecule has 0 aromatic heterocycles. The highest BCUT2D eigenvalue weighted by Gasteiger charge is 2.47. The number of rotatable bonds is 17. The maximum atomic E-state index is 14.3. The number of hydrogen-bond donors (Lipinski definition) is 9. The lowest BCUT2D eigenvalue weighted by Gasteiger charge is -2.38. The summed E-state index contributed by atoms with van der Waals surface area (Å²) in [6.07, 6.45) is -6.67. The topological polar surface area (TPSA) is 276 Å². The van der Waals surface area contributed by atoms with Gasteiger partial charge in [0.15, 0.2) is 12.4 Å². The van der Waals surface area contributed by atoms with Crippen LogP contribution in [0.2, 0.25) is 0 Å². The Morgan fingerprint density at radius 1 is 0.850 bits per heavy atom. The van der Waals surface area contributed by atoms with Crippen LogP contribution in [0.1, 0.15) is 52.6 Å². The number of amides is 5. The third-order valence-corrected chi connectivity index (χ3v) is 11.1. The van der Waals surface area contributed by atoms with E-state index in [-0.39, 0.29) is 44.5 Å². The number of phenols is 1. The fourth-order valence-electron chi connectivity index (χ4n) is 7.73.